The Balaban J connectivity index is 4.20. The summed E-state index contributed by atoms with van der Waals surface area (Å²) in [5, 5.41) is 0. The predicted molar refractivity (Wildman–Crippen MR) is 270 cm³/mol. The number of rotatable bonds is 47. The van der Waals surface area contributed by atoms with Gasteiger partial charge in [-0.05, 0) is 70.6 Å². The van der Waals surface area contributed by atoms with Gasteiger partial charge in [-0.3, -0.25) is 14.4 Å². The van der Waals surface area contributed by atoms with Crippen LogP contribution in [-0.4, -0.2) is 37.2 Å². The van der Waals surface area contributed by atoms with E-state index in [1.54, 1.807) is 0 Å². The molecule has 0 aromatic carbocycles. The SMILES string of the molecule is CC/C=C\C/C=C\C/C=C\C/C=C\C/C=C\C/C=C\CCCCCCC(=O)OCC(COC(=O)CCCCCCC)OC(=O)CCCCCCCCCCCCCCCCCCC. The second kappa shape index (κ2) is 51.5. The molecule has 0 rings (SSSR count). The van der Waals surface area contributed by atoms with Crippen LogP contribution in [0.1, 0.15) is 252 Å². The van der Waals surface area contributed by atoms with Crippen LogP contribution in [0.2, 0.25) is 0 Å². The van der Waals surface area contributed by atoms with Crippen LogP contribution < -0.4 is 0 Å². The summed E-state index contributed by atoms with van der Waals surface area (Å²) in [7, 11) is 0. The van der Waals surface area contributed by atoms with Gasteiger partial charge in [-0.25, -0.2) is 0 Å². The van der Waals surface area contributed by atoms with E-state index in [9.17, 15) is 14.4 Å². The van der Waals surface area contributed by atoms with Crippen LogP contribution >= 0.6 is 0 Å². The topological polar surface area (TPSA) is 78.9 Å². The van der Waals surface area contributed by atoms with Crippen LogP contribution in [-0.2, 0) is 28.6 Å². The lowest BCUT2D eigenvalue weighted by Crippen LogP contribution is -2.30. The van der Waals surface area contributed by atoms with Crippen molar-refractivity contribution in [1.82, 2.24) is 0 Å². The van der Waals surface area contributed by atoms with E-state index in [1.165, 1.54) is 96.3 Å². The molecule has 0 bridgehead atoms. The molecule has 0 radical (unpaired) electrons. The van der Waals surface area contributed by atoms with Crippen molar-refractivity contribution in [2.24, 2.45) is 0 Å². The van der Waals surface area contributed by atoms with Crippen LogP contribution in [0.3, 0.4) is 0 Å². The van der Waals surface area contributed by atoms with E-state index in [2.05, 4.69) is 93.7 Å². The van der Waals surface area contributed by atoms with E-state index in [-0.39, 0.29) is 31.1 Å². The van der Waals surface area contributed by atoms with Gasteiger partial charge >= 0.3 is 17.9 Å². The molecule has 0 amide bonds. The van der Waals surface area contributed by atoms with Gasteiger partial charge in [0.05, 0.1) is 0 Å². The van der Waals surface area contributed by atoms with Gasteiger partial charge in [0.15, 0.2) is 6.10 Å². The Hall–Kier alpha value is -3.15. The Morgan fingerprint density at radius 2 is 0.619 bits per heavy atom. The molecule has 0 spiro atoms. The fraction of sp³-hybridized carbons (Fsp3) is 0.737. The van der Waals surface area contributed by atoms with Crippen molar-refractivity contribution < 1.29 is 28.6 Å². The highest BCUT2D eigenvalue weighted by Crippen LogP contribution is 2.15. The first-order valence-electron chi connectivity index (χ1n) is 26.4. The largest absolute Gasteiger partial charge is 0.462 e. The van der Waals surface area contributed by atoms with E-state index in [0.717, 1.165) is 116 Å². The zero-order valence-corrected chi connectivity index (χ0v) is 41.3. The highest BCUT2D eigenvalue weighted by molar-refractivity contribution is 5.71. The lowest BCUT2D eigenvalue weighted by Gasteiger charge is -2.18. The summed E-state index contributed by atoms with van der Waals surface area (Å²) < 4.78 is 16.7. The number of hydrogen-bond acceptors (Lipinski definition) is 6. The third-order valence-corrected chi connectivity index (χ3v) is 11.2. The third kappa shape index (κ3) is 49.7. The number of hydrogen-bond donors (Lipinski definition) is 0. The predicted octanol–water partition coefficient (Wildman–Crippen LogP) is 17.4. The lowest BCUT2D eigenvalue weighted by atomic mass is 10.0. The average Bonchev–Trinajstić information content (AvgIpc) is 3.28. The van der Waals surface area contributed by atoms with Gasteiger partial charge in [-0.2, -0.15) is 0 Å². The van der Waals surface area contributed by atoms with Crippen LogP contribution in [0.4, 0.5) is 0 Å². The van der Waals surface area contributed by atoms with Crippen molar-refractivity contribution in [2.45, 2.75) is 258 Å². The summed E-state index contributed by atoms with van der Waals surface area (Å²) in [5.74, 6) is -0.918. The second-order valence-corrected chi connectivity index (χ2v) is 17.4. The fourth-order valence-electron chi connectivity index (χ4n) is 7.27. The Morgan fingerprint density at radius 1 is 0.333 bits per heavy atom. The van der Waals surface area contributed by atoms with Gasteiger partial charge in [0.2, 0.25) is 0 Å². The standard InChI is InChI=1S/C57H98O6/c1-4-7-10-13-15-17-19-21-23-25-26-27-28-29-30-32-33-35-37-39-41-44-47-50-56(59)62-53-54(52-61-55(58)49-46-43-12-9-6-3)63-57(60)51-48-45-42-40-38-36-34-31-24-22-20-18-16-14-11-8-5-2/h7,10,15,17,21,23,26-27,29-30,33,35,54H,4-6,8-9,11-14,16,18-20,22,24-25,28,31-32,34,36-53H2,1-3H3/b10-7-,17-15-,23-21-,27-26-,30-29-,35-33-. The molecule has 0 fully saturated rings. The number of esters is 3. The van der Waals surface area contributed by atoms with Crippen LogP contribution in [0.15, 0.2) is 72.9 Å². The van der Waals surface area contributed by atoms with Crippen LogP contribution in [0, 0.1) is 0 Å². The van der Waals surface area contributed by atoms with Crippen molar-refractivity contribution in [1.29, 1.82) is 0 Å². The minimum atomic E-state index is -0.780. The fourth-order valence-corrected chi connectivity index (χ4v) is 7.27. The van der Waals surface area contributed by atoms with Gasteiger partial charge in [-0.15, -0.1) is 0 Å². The van der Waals surface area contributed by atoms with Gasteiger partial charge in [-0.1, -0.05) is 235 Å². The van der Waals surface area contributed by atoms with E-state index in [4.69, 9.17) is 14.2 Å². The zero-order chi connectivity index (χ0) is 45.8. The van der Waals surface area contributed by atoms with Crippen molar-refractivity contribution in [3.8, 4) is 0 Å². The van der Waals surface area contributed by atoms with Gasteiger partial charge in [0.1, 0.15) is 13.2 Å². The molecular weight excluding hydrogens is 781 g/mol. The number of carbonyl (C=O) groups is 3. The molecule has 0 aromatic heterocycles. The monoisotopic (exact) mass is 879 g/mol. The normalized spacial score (nSPS) is 12.6. The number of unbranched alkanes of at least 4 members (excludes halogenated alkanes) is 24. The summed E-state index contributed by atoms with van der Waals surface area (Å²) in [6, 6.07) is 0. The minimum absolute atomic E-state index is 0.0829. The molecule has 6 heteroatoms. The quantitative estimate of drug-likeness (QED) is 0.0262. The lowest BCUT2D eigenvalue weighted by molar-refractivity contribution is -0.167. The molecule has 0 heterocycles. The van der Waals surface area contributed by atoms with E-state index in [0.29, 0.717) is 19.3 Å². The van der Waals surface area contributed by atoms with Crippen molar-refractivity contribution in [2.75, 3.05) is 13.2 Å². The smallest absolute Gasteiger partial charge is 0.306 e. The Morgan fingerprint density at radius 3 is 0.968 bits per heavy atom. The molecule has 1 atom stereocenters. The first kappa shape index (κ1) is 59.9. The average molecular weight is 879 g/mol. The summed E-state index contributed by atoms with van der Waals surface area (Å²) in [5.41, 5.74) is 0. The molecule has 1 unspecified atom stereocenters. The number of ether oxygens (including phenoxy) is 3. The highest BCUT2D eigenvalue weighted by atomic mass is 16.6. The Bertz CT molecular complexity index is 1190. The summed E-state index contributed by atoms with van der Waals surface area (Å²) in [6.45, 7) is 6.43. The van der Waals surface area contributed by atoms with Gasteiger partial charge in [0.25, 0.3) is 0 Å². The Kier molecular flexibility index (Phi) is 48.9. The van der Waals surface area contributed by atoms with E-state index < -0.39 is 6.10 Å². The molecule has 0 aliphatic heterocycles. The first-order chi connectivity index (χ1) is 31.0. The maximum absolute atomic E-state index is 12.7. The van der Waals surface area contributed by atoms with Crippen molar-refractivity contribution in [3.05, 3.63) is 72.9 Å². The third-order valence-electron chi connectivity index (χ3n) is 11.2. The highest BCUT2D eigenvalue weighted by Gasteiger charge is 2.19. The van der Waals surface area contributed by atoms with Crippen molar-refractivity contribution >= 4 is 17.9 Å². The molecular formula is C57H98O6. The summed E-state index contributed by atoms with van der Waals surface area (Å²) in [4.78, 5) is 37.7. The molecule has 0 aliphatic carbocycles. The summed E-state index contributed by atoms with van der Waals surface area (Å²) >= 11 is 0. The van der Waals surface area contributed by atoms with Crippen LogP contribution in [0.5, 0.6) is 0 Å². The Labute approximate surface area is 389 Å². The van der Waals surface area contributed by atoms with E-state index in [1.807, 2.05) is 0 Å². The maximum atomic E-state index is 12.7. The second-order valence-electron chi connectivity index (χ2n) is 17.4. The molecule has 63 heavy (non-hydrogen) atoms. The van der Waals surface area contributed by atoms with Gasteiger partial charge in [0, 0.05) is 19.3 Å². The molecule has 6 nitrogen and oxygen atoms in total. The van der Waals surface area contributed by atoms with E-state index >= 15 is 0 Å². The van der Waals surface area contributed by atoms with Crippen LogP contribution in [0.25, 0.3) is 0 Å². The molecule has 0 saturated heterocycles. The maximum Gasteiger partial charge on any atom is 0.306 e. The molecule has 0 N–H and O–H groups in total. The minimum Gasteiger partial charge on any atom is -0.462 e. The zero-order valence-electron chi connectivity index (χ0n) is 41.3. The first-order valence-corrected chi connectivity index (χ1v) is 26.4. The molecule has 362 valence electrons. The number of carbonyl (C=O) groups excluding carboxylic acids is 3. The van der Waals surface area contributed by atoms with Gasteiger partial charge < -0.3 is 14.2 Å². The number of allylic oxidation sites excluding steroid dienone is 12. The summed E-state index contributed by atoms with van der Waals surface area (Å²) in [6.07, 6.45) is 65.0. The molecule has 0 aromatic rings. The molecule has 0 aliphatic rings. The van der Waals surface area contributed by atoms with Crippen molar-refractivity contribution in [3.63, 3.8) is 0 Å². The molecule has 0 saturated carbocycles.